The largest absolute Gasteiger partial charge is 0.389 e. The van der Waals surface area contributed by atoms with E-state index in [1.807, 2.05) is 0 Å². The van der Waals surface area contributed by atoms with Gasteiger partial charge in [0.15, 0.2) is 0 Å². The fourth-order valence-electron chi connectivity index (χ4n) is 3.35. The van der Waals surface area contributed by atoms with Crippen LogP contribution in [0.4, 0.5) is 0 Å². The van der Waals surface area contributed by atoms with Crippen LogP contribution in [-0.4, -0.2) is 16.8 Å². The maximum Gasteiger partial charge on any atom is 0.389 e. The molecule has 0 spiro atoms. The molecule has 4 aromatic carbocycles. The summed E-state index contributed by atoms with van der Waals surface area (Å²) in [6, 6.07) is 32.2. The van der Waals surface area contributed by atoms with E-state index in [9.17, 15) is 16.8 Å². The summed E-state index contributed by atoms with van der Waals surface area (Å²) in [5.74, 6) is 0. The van der Waals surface area contributed by atoms with Crippen LogP contribution >= 0.6 is 10.3 Å². The maximum absolute atomic E-state index is 13.5. The van der Waals surface area contributed by atoms with Crippen molar-refractivity contribution in [2.75, 3.05) is 0 Å². The van der Waals surface area contributed by atoms with Gasteiger partial charge in [0.2, 0.25) is 0 Å². The minimum atomic E-state index is -5.12. The van der Waals surface area contributed by atoms with Crippen molar-refractivity contribution in [1.29, 1.82) is 0 Å². The lowest BCUT2D eigenvalue weighted by atomic mass is 10.2. The Hall–Kier alpha value is -2.91. The highest BCUT2D eigenvalue weighted by Gasteiger charge is 2.43. The number of aryl methyl sites for hydroxylation is 1. The molecule has 0 atom stereocenters. The first-order valence-electron chi connectivity index (χ1n) is 10.0. The second-order valence-corrected chi connectivity index (χ2v) is 15.0. The van der Waals surface area contributed by atoms with Crippen LogP contribution in [0.25, 0.3) is 0 Å². The van der Waals surface area contributed by atoms with Gasteiger partial charge in [0.1, 0.15) is 0 Å². The maximum atomic E-state index is 13.5. The Morgan fingerprint density at radius 3 is 1.21 bits per heavy atom. The van der Waals surface area contributed by atoms with Crippen molar-refractivity contribution in [1.82, 2.24) is 0 Å². The first-order chi connectivity index (χ1) is 15.8. The van der Waals surface area contributed by atoms with Gasteiger partial charge >= 0.3 is 18.0 Å². The average Bonchev–Trinajstić information content (AvgIpc) is 2.84. The summed E-state index contributed by atoms with van der Waals surface area (Å²) in [4.78, 5) is 1.34. The van der Waals surface area contributed by atoms with Crippen molar-refractivity contribution in [3.63, 3.8) is 0 Å². The molecule has 5 nitrogen and oxygen atoms in total. The Balaban J connectivity index is 1.99. The molecule has 0 N–H and O–H groups in total. The Labute approximate surface area is 195 Å². The minimum Gasteiger partial charge on any atom is -0.205 e. The predicted molar refractivity (Wildman–Crippen MR) is 130 cm³/mol. The highest BCUT2D eigenvalue weighted by Crippen LogP contribution is 2.70. The SMILES string of the molecule is Cc1ccc(S(=O)(=O)S(=O)(=O)OS(c2ccccc2)(c2ccccc2)c2ccccc2)cc1. The van der Waals surface area contributed by atoms with Crippen LogP contribution in [0.3, 0.4) is 0 Å². The van der Waals surface area contributed by atoms with Gasteiger partial charge in [-0.2, -0.15) is 12.0 Å². The second-order valence-electron chi connectivity index (χ2n) is 7.24. The van der Waals surface area contributed by atoms with E-state index in [1.165, 1.54) is 12.1 Å². The Morgan fingerprint density at radius 2 is 0.848 bits per heavy atom. The van der Waals surface area contributed by atoms with Crippen LogP contribution in [0, 0.1) is 6.92 Å². The van der Waals surface area contributed by atoms with Gasteiger partial charge in [0, 0.05) is 14.7 Å². The lowest BCUT2D eigenvalue weighted by molar-refractivity contribution is 0.515. The molecule has 0 amide bonds. The molecule has 4 rings (SSSR count). The normalized spacial score (nSPS) is 12.9. The molecule has 170 valence electrons. The molecule has 0 aliphatic heterocycles. The van der Waals surface area contributed by atoms with Crippen LogP contribution in [-0.2, 0) is 21.6 Å². The number of hydrogen-bond acceptors (Lipinski definition) is 5. The molecular weight excluding hydrogens is 476 g/mol. The van der Waals surface area contributed by atoms with Crippen molar-refractivity contribution in [3.05, 3.63) is 121 Å². The van der Waals surface area contributed by atoms with E-state index >= 15 is 0 Å². The molecule has 0 heterocycles. The fraction of sp³-hybridized carbons (Fsp3) is 0.0400. The summed E-state index contributed by atoms with van der Waals surface area (Å²) in [7, 11) is -12.9. The lowest BCUT2D eigenvalue weighted by Crippen LogP contribution is -2.22. The summed E-state index contributed by atoms with van der Waals surface area (Å²) in [5, 5.41) is 0. The van der Waals surface area contributed by atoms with Crippen molar-refractivity contribution >= 4 is 28.3 Å². The monoisotopic (exact) mass is 498 g/mol. The molecule has 0 bridgehead atoms. The first-order valence-corrected chi connectivity index (χ1v) is 15.0. The zero-order valence-electron chi connectivity index (χ0n) is 17.7. The molecule has 0 radical (unpaired) electrons. The van der Waals surface area contributed by atoms with Crippen LogP contribution < -0.4 is 0 Å². The first kappa shape index (κ1) is 23.3. The molecule has 33 heavy (non-hydrogen) atoms. The quantitative estimate of drug-likeness (QED) is 0.295. The Bertz CT molecular complexity index is 1340. The van der Waals surface area contributed by atoms with Gasteiger partial charge in [-0.15, -0.1) is 0 Å². The van der Waals surface area contributed by atoms with E-state index in [2.05, 4.69) is 0 Å². The smallest absolute Gasteiger partial charge is 0.205 e. The van der Waals surface area contributed by atoms with Crippen LogP contribution in [0.2, 0.25) is 0 Å². The van der Waals surface area contributed by atoms with Gasteiger partial charge < -0.3 is 0 Å². The van der Waals surface area contributed by atoms with E-state index in [0.29, 0.717) is 14.7 Å². The number of rotatable bonds is 7. The zero-order valence-corrected chi connectivity index (χ0v) is 20.2. The van der Waals surface area contributed by atoms with Gasteiger partial charge in [-0.05, 0) is 65.8 Å². The lowest BCUT2D eigenvalue weighted by Gasteiger charge is -2.39. The van der Waals surface area contributed by atoms with Crippen LogP contribution in [0.15, 0.2) is 135 Å². The number of benzene rings is 4. The van der Waals surface area contributed by atoms with E-state index < -0.39 is 28.3 Å². The molecule has 0 saturated heterocycles. The second kappa shape index (κ2) is 9.15. The van der Waals surface area contributed by atoms with Gasteiger partial charge in [-0.1, -0.05) is 72.3 Å². The van der Waals surface area contributed by atoms with Gasteiger partial charge in [-0.25, -0.2) is 8.42 Å². The summed E-state index contributed by atoms with van der Waals surface area (Å²) in [6.45, 7) is 1.79. The van der Waals surface area contributed by atoms with Crippen molar-refractivity contribution in [2.45, 2.75) is 26.5 Å². The Morgan fingerprint density at radius 1 is 0.485 bits per heavy atom. The van der Waals surface area contributed by atoms with Gasteiger partial charge in [-0.3, -0.25) is 0 Å². The molecular formula is C25H22O5S3. The van der Waals surface area contributed by atoms with Crippen molar-refractivity contribution in [3.8, 4) is 0 Å². The van der Waals surface area contributed by atoms with Crippen LogP contribution in [0.1, 0.15) is 5.56 Å². The zero-order chi connectivity index (χ0) is 23.5. The Kier molecular flexibility index (Phi) is 6.45. The average molecular weight is 499 g/mol. The van der Waals surface area contributed by atoms with E-state index in [1.54, 1.807) is 110 Å². The topological polar surface area (TPSA) is 77.5 Å². The van der Waals surface area contributed by atoms with Crippen molar-refractivity contribution < 1.29 is 20.5 Å². The third kappa shape index (κ3) is 4.35. The fourth-order valence-corrected chi connectivity index (χ4v) is 11.2. The molecule has 0 aliphatic carbocycles. The molecule has 0 aromatic heterocycles. The highest BCUT2D eigenvalue weighted by atomic mass is 33.2. The summed E-state index contributed by atoms with van der Waals surface area (Å²) >= 11 is 0. The molecule has 0 fully saturated rings. The standard InChI is InChI=1S/C25H22O5S3/c1-21-17-19-25(20-18-21)32(26,27)33(28,29)30-31(22-11-5-2-6-12-22,23-13-7-3-8-14-23)24-15-9-4-10-16-24/h2-20H,1H3. The molecule has 0 unspecified atom stereocenters. The molecule has 0 aliphatic rings. The molecule has 8 heteroatoms. The highest BCUT2D eigenvalue weighted by molar-refractivity contribution is 8.67. The summed E-state index contributed by atoms with van der Waals surface area (Å²) in [5.41, 5.74) is 0.810. The summed E-state index contributed by atoms with van der Waals surface area (Å²) in [6.07, 6.45) is 0. The third-order valence-corrected chi connectivity index (χ3v) is 13.4. The van der Waals surface area contributed by atoms with E-state index in [0.717, 1.165) is 5.56 Å². The van der Waals surface area contributed by atoms with Gasteiger partial charge in [0.05, 0.1) is 4.90 Å². The minimum absolute atomic E-state index is 0.337. The summed E-state index contributed by atoms with van der Waals surface area (Å²) < 4.78 is 59.3. The third-order valence-electron chi connectivity index (χ3n) is 4.99. The van der Waals surface area contributed by atoms with E-state index in [-0.39, 0.29) is 4.90 Å². The van der Waals surface area contributed by atoms with Crippen molar-refractivity contribution in [2.24, 2.45) is 0 Å². The molecule has 4 aromatic rings. The molecule has 0 saturated carbocycles. The van der Waals surface area contributed by atoms with Crippen LogP contribution in [0.5, 0.6) is 0 Å². The van der Waals surface area contributed by atoms with E-state index in [4.69, 9.17) is 3.63 Å². The predicted octanol–water partition coefficient (Wildman–Crippen LogP) is 5.93. The van der Waals surface area contributed by atoms with Gasteiger partial charge in [0.25, 0.3) is 0 Å². The number of hydrogen-bond donors (Lipinski definition) is 0.